The van der Waals surface area contributed by atoms with Crippen molar-refractivity contribution in [1.29, 1.82) is 0 Å². The van der Waals surface area contributed by atoms with E-state index in [2.05, 4.69) is 0 Å². The van der Waals surface area contributed by atoms with Crippen molar-refractivity contribution < 1.29 is 9.67 Å². The molecular formula is C22H15ClNO2S+. The summed E-state index contributed by atoms with van der Waals surface area (Å²) < 4.78 is 1.51. The fraction of sp³-hybridized carbons (Fsp3) is 0. The summed E-state index contributed by atoms with van der Waals surface area (Å²) in [6.45, 7) is 0. The Hall–Kier alpha value is -2.95. The summed E-state index contributed by atoms with van der Waals surface area (Å²) in [5.74, 6) is -0.0823. The van der Waals surface area contributed by atoms with Gasteiger partial charge in [0, 0.05) is 17.2 Å². The second kappa shape index (κ2) is 7.35. The monoisotopic (exact) mass is 392 g/mol. The maximum Gasteiger partial charge on any atom is 0.385 e. The van der Waals surface area contributed by atoms with Gasteiger partial charge in [-0.1, -0.05) is 60.1 Å². The van der Waals surface area contributed by atoms with Crippen molar-refractivity contribution >= 4 is 22.9 Å². The zero-order valence-electron chi connectivity index (χ0n) is 14.2. The van der Waals surface area contributed by atoms with Crippen molar-refractivity contribution in [2.24, 2.45) is 0 Å². The number of rotatable bonds is 3. The first-order chi connectivity index (χ1) is 13.1. The highest BCUT2D eigenvalue weighted by Gasteiger charge is 2.29. The molecule has 1 aromatic heterocycles. The highest BCUT2D eigenvalue weighted by atomic mass is 35.5. The Labute approximate surface area is 165 Å². The van der Waals surface area contributed by atoms with Crippen molar-refractivity contribution in [2.45, 2.75) is 0 Å². The molecule has 0 fully saturated rings. The molecule has 5 heteroatoms. The normalized spacial score (nSPS) is 10.7. The van der Waals surface area contributed by atoms with Crippen LogP contribution in [0, 0.1) is 0 Å². The minimum Gasteiger partial charge on any atom is -0.459 e. The number of nitrogens with zero attached hydrogens (tertiary/aromatic N) is 1. The molecule has 0 unspecified atom stereocenters. The van der Waals surface area contributed by atoms with E-state index >= 15 is 0 Å². The van der Waals surface area contributed by atoms with Gasteiger partial charge in [0.2, 0.25) is 5.69 Å². The van der Waals surface area contributed by atoms with Crippen LogP contribution in [0.1, 0.15) is 0 Å². The fourth-order valence-corrected chi connectivity index (χ4v) is 4.08. The Morgan fingerprint density at radius 1 is 0.778 bits per heavy atom. The maximum absolute atomic E-state index is 12.9. The number of aromatic nitrogens is 1. The summed E-state index contributed by atoms with van der Waals surface area (Å²) in [5, 5.41) is 12.4. The molecular weight excluding hydrogens is 378 g/mol. The molecule has 0 aliphatic heterocycles. The van der Waals surface area contributed by atoms with Gasteiger partial charge in [-0.2, -0.15) is 0 Å². The van der Waals surface area contributed by atoms with Crippen LogP contribution in [0.5, 0.6) is 5.88 Å². The van der Waals surface area contributed by atoms with E-state index < -0.39 is 0 Å². The second-order valence-corrected chi connectivity index (χ2v) is 7.34. The van der Waals surface area contributed by atoms with E-state index in [1.165, 1.54) is 0 Å². The topological polar surface area (TPSA) is 41.2 Å². The van der Waals surface area contributed by atoms with E-state index in [1.807, 2.05) is 72.8 Å². The van der Waals surface area contributed by atoms with Gasteiger partial charge in [-0.15, -0.1) is 4.57 Å². The van der Waals surface area contributed by atoms with E-state index in [1.54, 1.807) is 16.7 Å². The summed E-state index contributed by atoms with van der Waals surface area (Å²) in [6.07, 6.45) is 0. The molecule has 0 radical (unpaired) electrons. The lowest BCUT2D eigenvalue weighted by Gasteiger charge is -2.08. The van der Waals surface area contributed by atoms with Crippen molar-refractivity contribution in [3.05, 3.63) is 99.5 Å². The van der Waals surface area contributed by atoms with Gasteiger partial charge >= 0.3 is 5.88 Å². The first-order valence-electron chi connectivity index (χ1n) is 8.34. The molecule has 4 rings (SSSR count). The van der Waals surface area contributed by atoms with Gasteiger partial charge in [-0.05, 0) is 41.2 Å². The van der Waals surface area contributed by atoms with E-state index in [0.29, 0.717) is 21.2 Å². The Bertz CT molecular complexity index is 1140. The minimum atomic E-state index is -0.198. The van der Waals surface area contributed by atoms with Crippen LogP contribution in [0.2, 0.25) is 5.02 Å². The van der Waals surface area contributed by atoms with E-state index in [9.17, 15) is 9.90 Å². The van der Waals surface area contributed by atoms with Crippen LogP contribution >= 0.6 is 22.9 Å². The van der Waals surface area contributed by atoms with Gasteiger partial charge in [0.25, 0.3) is 9.75 Å². The molecule has 0 saturated heterocycles. The van der Waals surface area contributed by atoms with Crippen LogP contribution in [0.15, 0.2) is 89.7 Å². The fourth-order valence-electron chi connectivity index (χ4n) is 2.93. The largest absolute Gasteiger partial charge is 0.459 e. The standard InChI is InChI=1S/C22H14ClNO2S/c23-17-13-11-16(12-14-17)21-24(18-9-5-2-6-10-18)20(25)19(22(26)27-21)15-7-3-1-4-8-15/h1-14H/p+1. The second-order valence-electron chi connectivity index (χ2n) is 5.94. The van der Waals surface area contributed by atoms with E-state index in [-0.39, 0.29) is 10.6 Å². The molecule has 132 valence electrons. The number of aromatic hydroxyl groups is 1. The summed E-state index contributed by atoms with van der Waals surface area (Å²) in [7, 11) is 0. The van der Waals surface area contributed by atoms with Crippen molar-refractivity contribution in [1.82, 2.24) is 0 Å². The van der Waals surface area contributed by atoms with Crippen LogP contribution in [-0.2, 0) is 0 Å². The number of para-hydroxylation sites is 1. The first kappa shape index (κ1) is 17.5. The lowest BCUT2D eigenvalue weighted by molar-refractivity contribution is -0.588. The number of benzene rings is 3. The lowest BCUT2D eigenvalue weighted by atomic mass is 10.1. The summed E-state index contributed by atoms with van der Waals surface area (Å²) in [4.78, 5) is 12.9. The number of hydrogen-bond acceptors (Lipinski definition) is 3. The van der Waals surface area contributed by atoms with E-state index in [4.69, 9.17) is 11.6 Å². The molecule has 1 heterocycles. The highest BCUT2D eigenvalue weighted by molar-refractivity contribution is 7.12. The van der Waals surface area contributed by atoms with Crippen molar-refractivity contribution in [2.75, 3.05) is 0 Å². The zero-order chi connectivity index (χ0) is 18.8. The van der Waals surface area contributed by atoms with Gasteiger partial charge in [0.1, 0.15) is 0 Å². The van der Waals surface area contributed by atoms with Crippen molar-refractivity contribution in [3.63, 3.8) is 0 Å². The quantitative estimate of drug-likeness (QED) is 0.494. The molecule has 0 amide bonds. The maximum atomic E-state index is 12.9. The van der Waals surface area contributed by atoms with Crippen LogP contribution in [-0.4, -0.2) is 5.11 Å². The Morgan fingerprint density at radius 2 is 1.37 bits per heavy atom. The molecule has 0 spiro atoms. The molecule has 0 bridgehead atoms. The highest BCUT2D eigenvalue weighted by Crippen LogP contribution is 2.30. The van der Waals surface area contributed by atoms with Gasteiger partial charge in [-0.3, -0.25) is 4.79 Å². The molecule has 0 saturated carbocycles. The van der Waals surface area contributed by atoms with Crippen LogP contribution in [0.25, 0.3) is 27.4 Å². The van der Waals surface area contributed by atoms with Gasteiger partial charge in [0.05, 0.1) is 5.56 Å². The molecule has 3 aromatic carbocycles. The molecule has 3 nitrogen and oxygen atoms in total. The van der Waals surface area contributed by atoms with Crippen LogP contribution < -0.4 is 9.31 Å². The third-order valence-corrected chi connectivity index (χ3v) is 5.45. The third kappa shape index (κ3) is 3.37. The average Bonchev–Trinajstić information content (AvgIpc) is 2.70. The van der Waals surface area contributed by atoms with Gasteiger partial charge in [0.15, 0.2) is 5.56 Å². The molecule has 27 heavy (non-hydrogen) atoms. The van der Waals surface area contributed by atoms with E-state index in [0.717, 1.165) is 22.6 Å². The van der Waals surface area contributed by atoms with Crippen molar-refractivity contribution in [3.8, 4) is 33.3 Å². The predicted octanol–water partition coefficient (Wildman–Crippen LogP) is 5.08. The number of hydrogen-bond donors (Lipinski definition) is 1. The summed E-state index contributed by atoms with van der Waals surface area (Å²) in [5.41, 5.74) is 2.55. The molecule has 0 atom stereocenters. The predicted molar refractivity (Wildman–Crippen MR) is 110 cm³/mol. The summed E-state index contributed by atoms with van der Waals surface area (Å²) in [6, 6.07) is 25.9. The van der Waals surface area contributed by atoms with Crippen LogP contribution in [0.3, 0.4) is 0 Å². The average molecular weight is 393 g/mol. The molecule has 0 aliphatic carbocycles. The lowest BCUT2D eigenvalue weighted by Crippen LogP contribution is -2.35. The number of halogens is 1. The molecule has 0 aliphatic rings. The van der Waals surface area contributed by atoms with Crippen LogP contribution in [0.4, 0.5) is 0 Å². The van der Waals surface area contributed by atoms with Gasteiger partial charge < -0.3 is 5.11 Å². The smallest absolute Gasteiger partial charge is 0.385 e. The SMILES string of the molecule is O=c1sc(-c2ccc(Cl)cc2)[n+](-c2ccccc2)c(O)c1-c1ccccc1. The zero-order valence-corrected chi connectivity index (χ0v) is 15.7. The Kier molecular flexibility index (Phi) is 4.75. The van der Waals surface area contributed by atoms with Gasteiger partial charge in [-0.25, -0.2) is 0 Å². The first-order valence-corrected chi connectivity index (χ1v) is 9.53. The summed E-state index contributed by atoms with van der Waals surface area (Å²) >= 11 is 7.11. The third-order valence-electron chi connectivity index (χ3n) is 4.20. The Balaban J connectivity index is 2.05. The molecule has 1 N–H and O–H groups in total. The Morgan fingerprint density at radius 3 is 2.00 bits per heavy atom. The molecule has 4 aromatic rings. The minimum absolute atomic E-state index is 0.0823.